The number of nitrogens with zero attached hydrogens (tertiary/aromatic N) is 1. The lowest BCUT2D eigenvalue weighted by atomic mass is 10.2. The van der Waals surface area contributed by atoms with E-state index in [0.29, 0.717) is 17.7 Å². The molecule has 0 saturated heterocycles. The molecule has 0 atom stereocenters. The Morgan fingerprint density at radius 3 is 2.91 bits per heavy atom. The van der Waals surface area contributed by atoms with Gasteiger partial charge in [0.15, 0.2) is 5.82 Å². The van der Waals surface area contributed by atoms with Gasteiger partial charge in [0.2, 0.25) is 5.91 Å². The average Bonchev–Trinajstić information content (AvgIpc) is 3.18. The van der Waals surface area contributed by atoms with Crippen LogP contribution in [0, 0.1) is 6.92 Å². The lowest BCUT2D eigenvalue weighted by Gasteiger charge is -2.14. The number of carbonyl (C=O) groups excluding carboxylic acids is 1. The highest BCUT2D eigenvalue weighted by atomic mass is 16.5. The first-order valence-corrected chi connectivity index (χ1v) is 7.93. The number of hydrogen-bond donors (Lipinski definition) is 2. The third-order valence-electron chi connectivity index (χ3n) is 3.79. The van der Waals surface area contributed by atoms with Gasteiger partial charge in [0.05, 0.1) is 12.6 Å². The SMILES string of the molecule is Cc1cc(NC(=O)CNc2cccc(OC3CCCC3)c2)no1. The van der Waals surface area contributed by atoms with Crippen LogP contribution in [0.3, 0.4) is 0 Å². The lowest BCUT2D eigenvalue weighted by Crippen LogP contribution is -2.21. The monoisotopic (exact) mass is 315 g/mol. The number of aryl methyl sites for hydroxylation is 1. The average molecular weight is 315 g/mol. The van der Waals surface area contributed by atoms with Gasteiger partial charge in [-0.15, -0.1) is 0 Å². The molecule has 0 bridgehead atoms. The predicted molar refractivity (Wildman–Crippen MR) is 87.7 cm³/mol. The highest BCUT2D eigenvalue weighted by Gasteiger charge is 2.16. The Hall–Kier alpha value is -2.50. The van der Waals surface area contributed by atoms with Crippen molar-refractivity contribution in [2.45, 2.75) is 38.7 Å². The number of amides is 1. The smallest absolute Gasteiger partial charge is 0.244 e. The molecule has 1 fully saturated rings. The summed E-state index contributed by atoms with van der Waals surface area (Å²) in [5, 5.41) is 9.48. The van der Waals surface area contributed by atoms with Gasteiger partial charge in [0.1, 0.15) is 11.5 Å². The molecule has 1 aromatic heterocycles. The second-order valence-corrected chi connectivity index (χ2v) is 5.78. The van der Waals surface area contributed by atoms with Gasteiger partial charge < -0.3 is 19.9 Å². The van der Waals surface area contributed by atoms with E-state index in [0.717, 1.165) is 24.3 Å². The fourth-order valence-electron chi connectivity index (χ4n) is 2.67. The first-order valence-electron chi connectivity index (χ1n) is 7.93. The van der Waals surface area contributed by atoms with E-state index in [1.165, 1.54) is 12.8 Å². The maximum atomic E-state index is 11.9. The molecule has 6 nitrogen and oxygen atoms in total. The van der Waals surface area contributed by atoms with Crippen molar-refractivity contribution in [1.29, 1.82) is 0 Å². The highest BCUT2D eigenvalue weighted by Crippen LogP contribution is 2.25. The Labute approximate surface area is 135 Å². The fourth-order valence-corrected chi connectivity index (χ4v) is 2.67. The number of rotatable bonds is 6. The van der Waals surface area contributed by atoms with Gasteiger partial charge >= 0.3 is 0 Å². The van der Waals surface area contributed by atoms with Crippen molar-refractivity contribution in [2.75, 3.05) is 17.2 Å². The number of benzene rings is 1. The van der Waals surface area contributed by atoms with E-state index < -0.39 is 0 Å². The third kappa shape index (κ3) is 4.48. The topological polar surface area (TPSA) is 76.4 Å². The van der Waals surface area contributed by atoms with Crippen LogP contribution in [0.5, 0.6) is 5.75 Å². The molecule has 0 aliphatic heterocycles. The standard InChI is InChI=1S/C17H21N3O3/c1-12-9-16(20-23-12)19-17(21)11-18-13-5-4-8-15(10-13)22-14-6-2-3-7-14/h4-5,8-10,14,18H,2-3,6-7,11H2,1H3,(H,19,20,21). The summed E-state index contributed by atoms with van der Waals surface area (Å²) in [5.41, 5.74) is 0.854. The zero-order chi connectivity index (χ0) is 16.1. The predicted octanol–water partition coefficient (Wildman–Crippen LogP) is 3.36. The molecular weight excluding hydrogens is 294 g/mol. The molecule has 0 radical (unpaired) electrons. The van der Waals surface area contributed by atoms with E-state index in [2.05, 4.69) is 15.8 Å². The van der Waals surface area contributed by atoms with Crippen molar-refractivity contribution in [3.8, 4) is 5.75 Å². The Morgan fingerprint density at radius 1 is 1.35 bits per heavy atom. The molecule has 2 N–H and O–H groups in total. The van der Waals surface area contributed by atoms with E-state index >= 15 is 0 Å². The van der Waals surface area contributed by atoms with Gasteiger partial charge in [0, 0.05) is 17.8 Å². The third-order valence-corrected chi connectivity index (χ3v) is 3.79. The summed E-state index contributed by atoms with van der Waals surface area (Å²) in [5.74, 6) is 1.74. The zero-order valence-corrected chi connectivity index (χ0v) is 13.2. The number of ether oxygens (including phenoxy) is 1. The second kappa shape index (κ2) is 7.17. The Morgan fingerprint density at radius 2 is 2.17 bits per heavy atom. The summed E-state index contributed by atoms with van der Waals surface area (Å²) in [6.45, 7) is 1.93. The van der Waals surface area contributed by atoms with Crippen LogP contribution in [0.4, 0.5) is 11.5 Å². The number of carbonyl (C=O) groups is 1. The van der Waals surface area contributed by atoms with E-state index in [1.807, 2.05) is 24.3 Å². The molecule has 23 heavy (non-hydrogen) atoms. The normalized spacial score (nSPS) is 14.7. The minimum atomic E-state index is -0.180. The summed E-state index contributed by atoms with van der Waals surface area (Å²) in [4.78, 5) is 11.9. The number of anilines is 2. The molecule has 1 saturated carbocycles. The molecule has 3 rings (SSSR count). The van der Waals surface area contributed by atoms with Gasteiger partial charge in [-0.05, 0) is 44.7 Å². The maximum Gasteiger partial charge on any atom is 0.244 e. The molecule has 1 amide bonds. The van der Waals surface area contributed by atoms with Crippen LogP contribution in [0.25, 0.3) is 0 Å². The van der Waals surface area contributed by atoms with Crippen LogP contribution < -0.4 is 15.4 Å². The lowest BCUT2D eigenvalue weighted by molar-refractivity contribution is -0.114. The van der Waals surface area contributed by atoms with Crippen molar-refractivity contribution < 1.29 is 14.1 Å². The van der Waals surface area contributed by atoms with Crippen molar-refractivity contribution in [3.05, 3.63) is 36.1 Å². The number of nitrogens with one attached hydrogen (secondary N) is 2. The Bertz CT molecular complexity index is 663. The molecule has 1 heterocycles. The van der Waals surface area contributed by atoms with Crippen molar-refractivity contribution in [2.24, 2.45) is 0 Å². The minimum Gasteiger partial charge on any atom is -0.490 e. The Balaban J connectivity index is 1.50. The first-order chi connectivity index (χ1) is 11.2. The molecule has 1 aliphatic carbocycles. The van der Waals surface area contributed by atoms with Gasteiger partial charge in [-0.2, -0.15) is 0 Å². The molecule has 0 unspecified atom stereocenters. The first kappa shape index (κ1) is 15.4. The summed E-state index contributed by atoms with van der Waals surface area (Å²) >= 11 is 0. The minimum absolute atomic E-state index is 0.152. The molecule has 1 aliphatic rings. The van der Waals surface area contributed by atoms with Crippen molar-refractivity contribution in [3.63, 3.8) is 0 Å². The van der Waals surface area contributed by atoms with E-state index in [-0.39, 0.29) is 12.5 Å². The number of aromatic nitrogens is 1. The van der Waals surface area contributed by atoms with Crippen molar-refractivity contribution >= 4 is 17.4 Å². The quantitative estimate of drug-likeness (QED) is 0.855. The second-order valence-electron chi connectivity index (χ2n) is 5.78. The van der Waals surface area contributed by atoms with Crippen LogP contribution in [0.15, 0.2) is 34.9 Å². The molecule has 6 heteroatoms. The molecule has 0 spiro atoms. The number of hydrogen-bond acceptors (Lipinski definition) is 5. The molecular formula is C17H21N3O3. The molecule has 1 aromatic carbocycles. The molecule has 2 aromatic rings. The van der Waals surface area contributed by atoms with Crippen LogP contribution in [-0.2, 0) is 4.79 Å². The van der Waals surface area contributed by atoms with Gasteiger partial charge in [-0.25, -0.2) is 0 Å². The summed E-state index contributed by atoms with van der Waals surface area (Å²) in [6, 6.07) is 9.38. The van der Waals surface area contributed by atoms with E-state index in [1.54, 1.807) is 13.0 Å². The highest BCUT2D eigenvalue weighted by molar-refractivity contribution is 5.92. The van der Waals surface area contributed by atoms with Gasteiger partial charge in [-0.3, -0.25) is 4.79 Å². The maximum absolute atomic E-state index is 11.9. The van der Waals surface area contributed by atoms with Gasteiger partial charge in [-0.1, -0.05) is 11.2 Å². The van der Waals surface area contributed by atoms with Crippen molar-refractivity contribution in [1.82, 2.24) is 5.16 Å². The Kier molecular flexibility index (Phi) is 4.80. The fraction of sp³-hybridized carbons (Fsp3) is 0.412. The molecule has 122 valence electrons. The summed E-state index contributed by atoms with van der Waals surface area (Å²) < 4.78 is 10.9. The van der Waals surface area contributed by atoms with Crippen LogP contribution >= 0.6 is 0 Å². The van der Waals surface area contributed by atoms with Gasteiger partial charge in [0.25, 0.3) is 0 Å². The van der Waals surface area contributed by atoms with Crippen LogP contribution in [0.2, 0.25) is 0 Å². The largest absolute Gasteiger partial charge is 0.490 e. The zero-order valence-electron chi connectivity index (χ0n) is 13.2. The van der Waals surface area contributed by atoms with Crippen LogP contribution in [-0.4, -0.2) is 23.7 Å². The summed E-state index contributed by atoms with van der Waals surface area (Å²) in [6.07, 6.45) is 5.05. The summed E-state index contributed by atoms with van der Waals surface area (Å²) in [7, 11) is 0. The van der Waals surface area contributed by atoms with Crippen LogP contribution in [0.1, 0.15) is 31.4 Å². The van der Waals surface area contributed by atoms with E-state index in [4.69, 9.17) is 9.26 Å². The van der Waals surface area contributed by atoms with E-state index in [9.17, 15) is 4.79 Å².